The monoisotopic (exact) mass is 483 g/mol. The highest BCUT2D eigenvalue weighted by Crippen LogP contribution is 2.38. The van der Waals surface area contributed by atoms with E-state index in [1.54, 1.807) is 31.2 Å². The third-order valence-electron chi connectivity index (χ3n) is 3.84. The molecular weight excluding hydrogens is 462 g/mol. The molecule has 9 heteroatoms. The molecule has 1 aromatic rings. The maximum Gasteiger partial charge on any atom is 0.329 e. The Hall–Kier alpha value is -2.26. The fraction of sp³-hybridized carbons (Fsp3) is 0.350. The quantitative estimate of drug-likeness (QED) is 0.292. The number of ether oxygens (including phenoxy) is 3. The van der Waals surface area contributed by atoms with E-state index in [4.69, 9.17) is 14.2 Å². The van der Waals surface area contributed by atoms with Crippen molar-refractivity contribution in [1.29, 1.82) is 0 Å². The van der Waals surface area contributed by atoms with E-state index in [9.17, 15) is 14.4 Å². The van der Waals surface area contributed by atoms with Gasteiger partial charge in [0.1, 0.15) is 12.6 Å². The summed E-state index contributed by atoms with van der Waals surface area (Å²) < 4.78 is 16.8. The molecule has 2 amide bonds. The first-order valence-corrected chi connectivity index (χ1v) is 10.6. The highest BCUT2D eigenvalue weighted by atomic mass is 79.9. The van der Waals surface area contributed by atoms with Gasteiger partial charge in [0.05, 0.1) is 18.1 Å². The number of rotatable bonds is 9. The zero-order chi connectivity index (χ0) is 21.6. The first kappa shape index (κ1) is 23.0. The van der Waals surface area contributed by atoms with Crippen LogP contribution in [0.5, 0.6) is 11.5 Å². The summed E-state index contributed by atoms with van der Waals surface area (Å²) in [6.07, 6.45) is 3.20. The minimum atomic E-state index is -0.995. The molecule has 1 unspecified atom stereocenters. The van der Waals surface area contributed by atoms with Crippen LogP contribution in [0.4, 0.5) is 4.79 Å². The molecule has 0 aromatic heterocycles. The molecule has 1 aromatic carbocycles. The van der Waals surface area contributed by atoms with Crippen LogP contribution in [-0.2, 0) is 14.3 Å². The number of esters is 1. The van der Waals surface area contributed by atoms with Gasteiger partial charge in [-0.15, -0.1) is 0 Å². The van der Waals surface area contributed by atoms with Crippen LogP contribution < -0.4 is 9.47 Å². The molecule has 0 aliphatic carbocycles. The number of nitrogens with zero attached hydrogens (tertiary/aromatic N) is 1. The van der Waals surface area contributed by atoms with Crippen LogP contribution in [0.1, 0.15) is 26.3 Å². The van der Waals surface area contributed by atoms with Gasteiger partial charge in [-0.3, -0.25) is 14.5 Å². The van der Waals surface area contributed by atoms with Crippen molar-refractivity contribution in [1.82, 2.24) is 4.90 Å². The van der Waals surface area contributed by atoms with E-state index < -0.39 is 23.2 Å². The predicted octanol–water partition coefficient (Wildman–Crippen LogP) is 4.40. The molecule has 0 radical (unpaired) electrons. The number of imide groups is 1. The van der Waals surface area contributed by atoms with Crippen molar-refractivity contribution in [2.75, 3.05) is 19.8 Å². The standard InChI is InChI=1S/C20H22BrNO6S/c1-5-8-28-16-11-14(21)13(9-15(16)26-6-2)10-17-18(23)22(20(25)29-17)12(4)19(24)27-7-3/h5,9-12H,1,6-8H2,2-4H3/b17-10+. The second kappa shape index (κ2) is 10.5. The number of thioether (sulfide) groups is 1. The molecule has 2 rings (SSSR count). The van der Waals surface area contributed by atoms with Crippen LogP contribution in [0.2, 0.25) is 0 Å². The van der Waals surface area contributed by atoms with Gasteiger partial charge in [0.2, 0.25) is 0 Å². The summed E-state index contributed by atoms with van der Waals surface area (Å²) in [5, 5.41) is -0.520. The number of halogens is 1. The van der Waals surface area contributed by atoms with Crippen LogP contribution in [-0.4, -0.2) is 47.9 Å². The summed E-state index contributed by atoms with van der Waals surface area (Å²) in [7, 11) is 0. The van der Waals surface area contributed by atoms with E-state index in [1.807, 2.05) is 6.92 Å². The molecular formula is C20H22BrNO6S. The van der Waals surface area contributed by atoms with Crippen LogP contribution in [0.25, 0.3) is 6.08 Å². The van der Waals surface area contributed by atoms with Gasteiger partial charge in [0.15, 0.2) is 11.5 Å². The molecule has 0 saturated carbocycles. The second-order valence-electron chi connectivity index (χ2n) is 5.83. The van der Waals surface area contributed by atoms with Gasteiger partial charge < -0.3 is 14.2 Å². The fourth-order valence-electron chi connectivity index (χ4n) is 2.51. The summed E-state index contributed by atoms with van der Waals surface area (Å²) in [6.45, 7) is 9.51. The largest absolute Gasteiger partial charge is 0.490 e. The van der Waals surface area contributed by atoms with Crippen molar-refractivity contribution in [3.63, 3.8) is 0 Å². The fourth-order valence-corrected chi connectivity index (χ4v) is 3.85. The zero-order valence-corrected chi connectivity index (χ0v) is 18.8. The average Bonchev–Trinajstić information content (AvgIpc) is 2.96. The number of hydrogen-bond donors (Lipinski definition) is 0. The predicted molar refractivity (Wildman–Crippen MR) is 115 cm³/mol. The lowest BCUT2D eigenvalue weighted by Crippen LogP contribution is -2.42. The molecule has 156 valence electrons. The van der Waals surface area contributed by atoms with Crippen molar-refractivity contribution in [3.05, 3.63) is 39.7 Å². The number of carbonyl (C=O) groups is 3. The van der Waals surface area contributed by atoms with E-state index >= 15 is 0 Å². The minimum Gasteiger partial charge on any atom is -0.490 e. The first-order chi connectivity index (χ1) is 13.8. The van der Waals surface area contributed by atoms with Crippen LogP contribution in [0.3, 0.4) is 0 Å². The Labute approximate surface area is 182 Å². The van der Waals surface area contributed by atoms with Gasteiger partial charge in [0.25, 0.3) is 11.1 Å². The van der Waals surface area contributed by atoms with Gasteiger partial charge in [0, 0.05) is 4.47 Å². The summed E-state index contributed by atoms with van der Waals surface area (Å²) in [4.78, 5) is 38.1. The molecule has 1 aliphatic heterocycles. The van der Waals surface area contributed by atoms with Gasteiger partial charge in [-0.2, -0.15) is 0 Å². The summed E-state index contributed by atoms with van der Waals surface area (Å²) in [6, 6.07) is 2.45. The van der Waals surface area contributed by atoms with Crippen LogP contribution >= 0.6 is 27.7 Å². The smallest absolute Gasteiger partial charge is 0.329 e. The Morgan fingerprint density at radius 3 is 2.55 bits per heavy atom. The number of carbonyl (C=O) groups excluding carboxylic acids is 3. The molecule has 1 saturated heterocycles. The first-order valence-electron chi connectivity index (χ1n) is 8.97. The maximum atomic E-state index is 12.7. The Balaban J connectivity index is 2.34. The highest BCUT2D eigenvalue weighted by molar-refractivity contribution is 9.10. The topological polar surface area (TPSA) is 82.1 Å². The van der Waals surface area contributed by atoms with Crippen molar-refractivity contribution < 1.29 is 28.6 Å². The molecule has 0 bridgehead atoms. The Morgan fingerprint density at radius 2 is 1.93 bits per heavy atom. The molecule has 1 heterocycles. The van der Waals surface area contributed by atoms with Crippen molar-refractivity contribution in [3.8, 4) is 11.5 Å². The molecule has 1 aliphatic rings. The minimum absolute atomic E-state index is 0.169. The Morgan fingerprint density at radius 1 is 1.24 bits per heavy atom. The van der Waals surface area contributed by atoms with E-state index in [1.165, 1.54) is 6.92 Å². The molecule has 29 heavy (non-hydrogen) atoms. The molecule has 0 spiro atoms. The van der Waals surface area contributed by atoms with Gasteiger partial charge in [-0.25, -0.2) is 4.79 Å². The third-order valence-corrected chi connectivity index (χ3v) is 5.42. The molecule has 1 fully saturated rings. The number of amides is 2. The summed E-state index contributed by atoms with van der Waals surface area (Å²) in [5.41, 5.74) is 0.633. The third kappa shape index (κ3) is 5.42. The molecule has 0 N–H and O–H groups in total. The maximum absolute atomic E-state index is 12.7. The van der Waals surface area contributed by atoms with E-state index in [0.29, 0.717) is 34.7 Å². The number of hydrogen-bond acceptors (Lipinski definition) is 7. The Bertz CT molecular complexity index is 854. The zero-order valence-electron chi connectivity index (χ0n) is 16.4. The molecule has 7 nitrogen and oxygen atoms in total. The van der Waals surface area contributed by atoms with E-state index in [-0.39, 0.29) is 11.5 Å². The highest BCUT2D eigenvalue weighted by Gasteiger charge is 2.41. The van der Waals surface area contributed by atoms with Crippen molar-refractivity contribution in [2.45, 2.75) is 26.8 Å². The average molecular weight is 484 g/mol. The Kier molecular flexibility index (Phi) is 8.33. The summed E-state index contributed by atoms with van der Waals surface area (Å²) >= 11 is 4.23. The summed E-state index contributed by atoms with van der Waals surface area (Å²) in [5.74, 6) is -0.139. The van der Waals surface area contributed by atoms with Crippen LogP contribution in [0.15, 0.2) is 34.2 Å². The number of benzene rings is 1. The molecule has 1 atom stereocenters. The lowest BCUT2D eigenvalue weighted by molar-refractivity contribution is -0.150. The van der Waals surface area contributed by atoms with Crippen LogP contribution in [0, 0.1) is 0 Å². The van der Waals surface area contributed by atoms with Gasteiger partial charge in [-0.1, -0.05) is 28.6 Å². The normalized spacial score (nSPS) is 16.1. The van der Waals surface area contributed by atoms with Crippen molar-refractivity contribution in [2.24, 2.45) is 0 Å². The second-order valence-corrected chi connectivity index (χ2v) is 7.68. The van der Waals surface area contributed by atoms with E-state index in [0.717, 1.165) is 16.7 Å². The van der Waals surface area contributed by atoms with E-state index in [2.05, 4.69) is 22.5 Å². The SMILES string of the molecule is C=CCOc1cc(Br)c(/C=C2/SC(=O)N(C(C)C(=O)OCC)C2=O)cc1OCC. The van der Waals surface area contributed by atoms with Gasteiger partial charge >= 0.3 is 5.97 Å². The lowest BCUT2D eigenvalue weighted by atomic mass is 10.1. The lowest BCUT2D eigenvalue weighted by Gasteiger charge is -2.19. The van der Waals surface area contributed by atoms with Gasteiger partial charge in [-0.05, 0) is 56.3 Å². The van der Waals surface area contributed by atoms with Crippen molar-refractivity contribution >= 4 is 50.9 Å².